The van der Waals surface area contributed by atoms with Crippen molar-refractivity contribution in [1.82, 2.24) is 14.3 Å². The van der Waals surface area contributed by atoms with Gasteiger partial charge in [-0.3, -0.25) is 18.9 Å². The van der Waals surface area contributed by atoms with E-state index in [1.807, 2.05) is 37.3 Å². The molecule has 5 rings (SSSR count). The Morgan fingerprint density at radius 3 is 2.66 bits per heavy atom. The molecule has 1 aromatic carbocycles. The number of piperidine rings is 1. The van der Waals surface area contributed by atoms with Gasteiger partial charge >= 0.3 is 0 Å². The zero-order chi connectivity index (χ0) is 24.7. The second-order valence-electron chi connectivity index (χ2n) is 9.07. The lowest BCUT2D eigenvalue weighted by atomic mass is 9.99. The van der Waals surface area contributed by atoms with E-state index in [2.05, 4.69) is 11.8 Å². The molecule has 3 aromatic rings. The van der Waals surface area contributed by atoms with Crippen molar-refractivity contribution in [2.75, 3.05) is 18.0 Å². The fraction of sp³-hybridized carbons (Fsp3) is 0.308. The minimum Gasteiger partial charge on any atom is -0.356 e. The van der Waals surface area contributed by atoms with Gasteiger partial charge in [0.15, 0.2) is 0 Å². The van der Waals surface area contributed by atoms with Gasteiger partial charge in [0.05, 0.1) is 17.0 Å². The fourth-order valence-electron chi connectivity index (χ4n) is 4.45. The maximum absolute atomic E-state index is 13.7. The Bertz CT molecular complexity index is 1430. The lowest BCUT2D eigenvalue weighted by Crippen LogP contribution is -2.36. The largest absolute Gasteiger partial charge is 0.356 e. The van der Waals surface area contributed by atoms with Crippen LogP contribution in [0.2, 0.25) is 5.02 Å². The second kappa shape index (κ2) is 9.76. The first-order chi connectivity index (χ1) is 16.8. The number of amides is 1. The molecule has 0 bridgehead atoms. The van der Waals surface area contributed by atoms with Crippen molar-refractivity contribution in [3.05, 3.63) is 79.6 Å². The summed E-state index contributed by atoms with van der Waals surface area (Å²) in [4.78, 5) is 36.1. The van der Waals surface area contributed by atoms with Gasteiger partial charge in [-0.2, -0.15) is 0 Å². The van der Waals surface area contributed by atoms with E-state index >= 15 is 0 Å². The summed E-state index contributed by atoms with van der Waals surface area (Å²) in [5.74, 6) is 1.04. The Labute approximate surface area is 218 Å². The SMILES string of the molecule is Cc1cccn2c(=O)c(C=C3SC(=S)N(Cc4ccccc4Cl)C3=O)c(N3CCC(C)CC3)nc12. The molecule has 2 saturated heterocycles. The molecule has 2 aromatic heterocycles. The zero-order valence-corrected chi connectivity index (χ0v) is 21.9. The van der Waals surface area contributed by atoms with E-state index in [-0.39, 0.29) is 18.0 Å². The zero-order valence-electron chi connectivity index (χ0n) is 19.5. The van der Waals surface area contributed by atoms with Crippen LogP contribution < -0.4 is 10.5 Å². The first-order valence-electron chi connectivity index (χ1n) is 11.6. The summed E-state index contributed by atoms with van der Waals surface area (Å²) in [6.07, 6.45) is 5.46. The number of thiocarbonyl (C=S) groups is 1. The van der Waals surface area contributed by atoms with Gasteiger partial charge in [-0.25, -0.2) is 4.98 Å². The maximum atomic E-state index is 13.7. The van der Waals surface area contributed by atoms with Crippen molar-refractivity contribution in [2.24, 2.45) is 5.92 Å². The number of pyridine rings is 1. The molecule has 4 heterocycles. The Kier molecular flexibility index (Phi) is 6.70. The third-order valence-corrected chi connectivity index (χ3v) is 8.33. The van der Waals surface area contributed by atoms with Gasteiger partial charge in [-0.1, -0.05) is 66.8 Å². The van der Waals surface area contributed by atoms with Crippen molar-refractivity contribution in [1.29, 1.82) is 0 Å². The van der Waals surface area contributed by atoms with Gasteiger partial charge < -0.3 is 4.90 Å². The average molecular weight is 525 g/mol. The molecule has 2 aliphatic heterocycles. The molecule has 0 saturated carbocycles. The number of thioether (sulfide) groups is 1. The van der Waals surface area contributed by atoms with Crippen molar-refractivity contribution in [2.45, 2.75) is 33.2 Å². The molecule has 180 valence electrons. The number of halogens is 1. The van der Waals surface area contributed by atoms with Crippen LogP contribution in [-0.4, -0.2) is 37.6 Å². The standard InChI is InChI=1S/C26H25ClN4O2S2/c1-16-9-12-29(13-10-16)23-19(24(32)30-11-5-6-17(2)22(30)28-23)14-21-25(33)31(26(34)35-21)15-18-7-3-4-8-20(18)27/h3-8,11,14,16H,9-10,12-13,15H2,1-2H3. The molecule has 2 fully saturated rings. The second-order valence-corrected chi connectivity index (χ2v) is 11.2. The summed E-state index contributed by atoms with van der Waals surface area (Å²) in [6, 6.07) is 11.2. The third-order valence-electron chi connectivity index (χ3n) is 6.58. The van der Waals surface area contributed by atoms with Crippen molar-refractivity contribution in [3.8, 4) is 0 Å². The van der Waals surface area contributed by atoms with Crippen LogP contribution in [0.15, 0.2) is 52.3 Å². The highest BCUT2D eigenvalue weighted by molar-refractivity contribution is 8.26. The van der Waals surface area contributed by atoms with Gasteiger partial charge in [0.2, 0.25) is 0 Å². The minimum absolute atomic E-state index is 0.191. The molecule has 0 spiro atoms. The van der Waals surface area contributed by atoms with Gasteiger partial charge in [0.25, 0.3) is 11.5 Å². The van der Waals surface area contributed by atoms with Crippen molar-refractivity contribution >= 4 is 63.3 Å². The van der Waals surface area contributed by atoms with Crippen LogP contribution in [0.1, 0.15) is 36.5 Å². The maximum Gasteiger partial charge on any atom is 0.267 e. The first-order valence-corrected chi connectivity index (χ1v) is 13.2. The summed E-state index contributed by atoms with van der Waals surface area (Å²) in [6.45, 7) is 6.12. The predicted molar refractivity (Wildman–Crippen MR) is 147 cm³/mol. The lowest BCUT2D eigenvalue weighted by molar-refractivity contribution is -0.122. The molecular formula is C26H25ClN4O2S2. The number of nitrogens with zero attached hydrogens (tertiary/aromatic N) is 4. The summed E-state index contributed by atoms with van der Waals surface area (Å²) in [7, 11) is 0. The summed E-state index contributed by atoms with van der Waals surface area (Å²) in [5.41, 5.74) is 2.60. The van der Waals surface area contributed by atoms with E-state index in [1.165, 1.54) is 16.7 Å². The molecule has 0 aliphatic carbocycles. The van der Waals surface area contributed by atoms with E-state index in [9.17, 15) is 9.59 Å². The topological polar surface area (TPSA) is 57.9 Å². The van der Waals surface area contributed by atoms with Gasteiger partial charge in [0.1, 0.15) is 15.8 Å². The van der Waals surface area contributed by atoms with Crippen LogP contribution in [0.5, 0.6) is 0 Å². The van der Waals surface area contributed by atoms with E-state index in [0.717, 1.165) is 37.1 Å². The van der Waals surface area contributed by atoms with Gasteiger partial charge in [-0.15, -0.1) is 0 Å². The van der Waals surface area contributed by atoms with Crippen LogP contribution in [0, 0.1) is 12.8 Å². The highest BCUT2D eigenvalue weighted by Gasteiger charge is 2.33. The Balaban J connectivity index is 1.58. The molecule has 0 unspecified atom stereocenters. The fourth-order valence-corrected chi connectivity index (χ4v) is 5.88. The van der Waals surface area contributed by atoms with Crippen LogP contribution in [0.25, 0.3) is 11.7 Å². The van der Waals surface area contributed by atoms with Gasteiger partial charge in [0, 0.05) is 24.3 Å². The van der Waals surface area contributed by atoms with Crippen molar-refractivity contribution < 1.29 is 4.79 Å². The molecule has 0 atom stereocenters. The average Bonchev–Trinajstić information content (AvgIpc) is 3.10. The third kappa shape index (κ3) is 4.62. The summed E-state index contributed by atoms with van der Waals surface area (Å²) < 4.78 is 2.00. The number of hydrogen-bond donors (Lipinski definition) is 0. The van der Waals surface area contributed by atoms with Crippen LogP contribution in [0.3, 0.4) is 0 Å². The summed E-state index contributed by atoms with van der Waals surface area (Å²) in [5, 5.41) is 0.583. The number of carbonyl (C=O) groups excluding carboxylic acids is 1. The van der Waals surface area contributed by atoms with Crippen LogP contribution in [-0.2, 0) is 11.3 Å². The van der Waals surface area contributed by atoms with Crippen LogP contribution in [0.4, 0.5) is 5.82 Å². The number of hydrogen-bond acceptors (Lipinski definition) is 6. The molecule has 9 heteroatoms. The number of aromatic nitrogens is 2. The molecular weight excluding hydrogens is 500 g/mol. The number of carbonyl (C=O) groups is 1. The summed E-state index contributed by atoms with van der Waals surface area (Å²) >= 11 is 13.0. The highest BCUT2D eigenvalue weighted by Crippen LogP contribution is 2.35. The number of benzene rings is 1. The molecule has 1 amide bonds. The number of fused-ring (bicyclic) bond motifs is 1. The quantitative estimate of drug-likeness (QED) is 0.341. The molecule has 6 nitrogen and oxygen atoms in total. The van der Waals surface area contributed by atoms with E-state index in [0.29, 0.717) is 37.2 Å². The van der Waals surface area contributed by atoms with Crippen molar-refractivity contribution in [3.63, 3.8) is 0 Å². The smallest absolute Gasteiger partial charge is 0.267 e. The lowest BCUT2D eigenvalue weighted by Gasteiger charge is -2.32. The highest BCUT2D eigenvalue weighted by atomic mass is 35.5. The molecule has 2 aliphatic rings. The normalized spacial score (nSPS) is 18.3. The van der Waals surface area contributed by atoms with Gasteiger partial charge in [-0.05, 0) is 55.0 Å². The molecule has 35 heavy (non-hydrogen) atoms. The number of anilines is 1. The van der Waals surface area contributed by atoms with E-state index in [4.69, 9.17) is 28.8 Å². The molecule has 0 radical (unpaired) electrons. The monoisotopic (exact) mass is 524 g/mol. The van der Waals surface area contributed by atoms with E-state index < -0.39 is 0 Å². The number of rotatable bonds is 4. The Morgan fingerprint density at radius 2 is 1.91 bits per heavy atom. The first kappa shape index (κ1) is 24.0. The minimum atomic E-state index is -0.230. The Morgan fingerprint density at radius 1 is 1.17 bits per heavy atom. The molecule has 0 N–H and O–H groups in total. The Hall–Kier alpha value is -2.68. The van der Waals surface area contributed by atoms with E-state index in [1.54, 1.807) is 22.7 Å². The van der Waals surface area contributed by atoms with Crippen LogP contribution >= 0.6 is 35.6 Å². The number of aryl methyl sites for hydroxylation is 1. The predicted octanol–water partition coefficient (Wildman–Crippen LogP) is 5.29.